The molecule has 2 rings (SSSR count). The normalized spacial score (nSPS) is 11.1. The zero-order valence-corrected chi connectivity index (χ0v) is 13.5. The standard InChI is InChI=1S/C17H13F3N2OS/c1-2-8-24-16-12(10-21)9-13(15(23)17(18,19)20)14(22-16)11-6-4-3-5-7-11/h3-7,9H,2,8H2,1H3. The van der Waals surface area contributed by atoms with E-state index in [0.717, 1.165) is 12.5 Å². The van der Waals surface area contributed by atoms with Crippen molar-refractivity contribution in [2.45, 2.75) is 24.5 Å². The van der Waals surface area contributed by atoms with Gasteiger partial charge in [0.05, 0.1) is 16.8 Å². The summed E-state index contributed by atoms with van der Waals surface area (Å²) in [5.41, 5.74) is -0.296. The third-order valence-corrected chi connectivity index (χ3v) is 4.30. The molecule has 0 saturated carbocycles. The molecule has 2 aromatic rings. The fourth-order valence-corrected chi connectivity index (χ4v) is 2.84. The van der Waals surface area contributed by atoms with Crippen molar-refractivity contribution < 1.29 is 18.0 Å². The molecule has 0 unspecified atom stereocenters. The van der Waals surface area contributed by atoms with Gasteiger partial charge in [-0.25, -0.2) is 4.98 Å². The first kappa shape index (κ1) is 18.0. The summed E-state index contributed by atoms with van der Waals surface area (Å²) in [4.78, 5) is 16.0. The minimum absolute atomic E-state index is 0.0271. The van der Waals surface area contributed by atoms with Crippen LogP contribution in [0.4, 0.5) is 13.2 Å². The Morgan fingerprint density at radius 2 is 1.96 bits per heavy atom. The van der Waals surface area contributed by atoms with Gasteiger partial charge in [-0.1, -0.05) is 37.3 Å². The van der Waals surface area contributed by atoms with Crippen LogP contribution in [-0.4, -0.2) is 22.7 Å². The Morgan fingerprint density at radius 1 is 1.29 bits per heavy atom. The van der Waals surface area contributed by atoms with Gasteiger partial charge < -0.3 is 0 Å². The molecule has 0 aliphatic rings. The van der Waals surface area contributed by atoms with Crippen molar-refractivity contribution in [2.75, 3.05) is 5.75 Å². The van der Waals surface area contributed by atoms with Crippen molar-refractivity contribution in [2.24, 2.45) is 0 Å². The Balaban J connectivity index is 2.68. The molecule has 24 heavy (non-hydrogen) atoms. The summed E-state index contributed by atoms with van der Waals surface area (Å²) in [5, 5.41) is 9.52. The maximum Gasteiger partial charge on any atom is 0.454 e. The molecule has 1 aromatic heterocycles. The van der Waals surface area contributed by atoms with E-state index in [4.69, 9.17) is 0 Å². The number of aromatic nitrogens is 1. The molecule has 0 atom stereocenters. The monoisotopic (exact) mass is 350 g/mol. The van der Waals surface area contributed by atoms with Crippen molar-refractivity contribution in [1.82, 2.24) is 4.98 Å². The number of halogens is 3. The fraction of sp³-hybridized carbons (Fsp3) is 0.235. The minimum Gasteiger partial charge on any atom is -0.284 e. The largest absolute Gasteiger partial charge is 0.454 e. The van der Waals surface area contributed by atoms with Crippen LogP contribution in [0.1, 0.15) is 29.3 Å². The highest BCUT2D eigenvalue weighted by Crippen LogP contribution is 2.32. The predicted octanol–water partition coefficient (Wildman–Crippen LogP) is 4.87. The SMILES string of the molecule is CCCSc1nc(-c2ccccc2)c(C(=O)C(F)(F)F)cc1C#N. The lowest BCUT2D eigenvalue weighted by atomic mass is 10.0. The van der Waals surface area contributed by atoms with Crippen molar-refractivity contribution in [3.8, 4) is 17.3 Å². The van der Waals surface area contributed by atoms with Crippen LogP contribution >= 0.6 is 11.8 Å². The Bertz CT molecular complexity index is 783. The van der Waals surface area contributed by atoms with E-state index in [2.05, 4.69) is 4.98 Å². The van der Waals surface area contributed by atoms with Crippen molar-refractivity contribution in [3.63, 3.8) is 0 Å². The van der Waals surface area contributed by atoms with E-state index in [-0.39, 0.29) is 11.3 Å². The number of carbonyl (C=O) groups is 1. The topological polar surface area (TPSA) is 53.8 Å². The summed E-state index contributed by atoms with van der Waals surface area (Å²) >= 11 is 1.28. The van der Waals surface area contributed by atoms with Gasteiger partial charge in [0.1, 0.15) is 11.1 Å². The molecule has 0 saturated heterocycles. The average Bonchev–Trinajstić information content (AvgIpc) is 2.58. The van der Waals surface area contributed by atoms with Gasteiger partial charge in [-0.05, 0) is 18.2 Å². The minimum atomic E-state index is -5.03. The molecule has 1 heterocycles. The first-order valence-corrected chi connectivity index (χ1v) is 8.12. The van der Waals surface area contributed by atoms with Crippen molar-refractivity contribution in [3.05, 3.63) is 47.5 Å². The lowest BCUT2D eigenvalue weighted by molar-refractivity contribution is -0.0885. The number of hydrogen-bond donors (Lipinski definition) is 0. The van der Waals surface area contributed by atoms with Crippen LogP contribution in [0.3, 0.4) is 0 Å². The number of pyridine rings is 1. The Labute approximate surface area is 141 Å². The number of rotatable bonds is 5. The molecule has 0 fully saturated rings. The van der Waals surface area contributed by atoms with Gasteiger partial charge in [0.2, 0.25) is 0 Å². The number of nitrogens with zero attached hydrogens (tertiary/aromatic N) is 2. The number of hydrogen-bond acceptors (Lipinski definition) is 4. The third kappa shape index (κ3) is 3.95. The molecule has 0 radical (unpaired) electrons. The molecule has 3 nitrogen and oxygen atoms in total. The predicted molar refractivity (Wildman–Crippen MR) is 85.8 cm³/mol. The summed E-state index contributed by atoms with van der Waals surface area (Å²) in [5.74, 6) is -1.33. The van der Waals surface area contributed by atoms with Crippen LogP contribution in [0.5, 0.6) is 0 Å². The number of carbonyl (C=O) groups excluding carboxylic acids is 1. The summed E-state index contributed by atoms with van der Waals surface area (Å²) < 4.78 is 38.7. The lowest BCUT2D eigenvalue weighted by Gasteiger charge is -2.13. The number of thioether (sulfide) groups is 1. The Kier molecular flexibility index (Phi) is 5.62. The molecule has 0 spiro atoms. The average molecular weight is 350 g/mol. The van der Waals surface area contributed by atoms with Crippen LogP contribution in [0.15, 0.2) is 41.4 Å². The van der Waals surface area contributed by atoms with E-state index in [1.165, 1.54) is 11.8 Å². The van der Waals surface area contributed by atoms with E-state index in [9.17, 15) is 23.2 Å². The first-order valence-electron chi connectivity index (χ1n) is 7.13. The molecule has 124 valence electrons. The molecule has 0 amide bonds. The first-order chi connectivity index (χ1) is 11.4. The molecule has 0 bridgehead atoms. The summed E-state index contributed by atoms with van der Waals surface area (Å²) in [6.45, 7) is 1.94. The molecule has 0 N–H and O–H groups in total. The fourth-order valence-electron chi connectivity index (χ4n) is 2.03. The number of ketones is 1. The van der Waals surface area contributed by atoms with Crippen LogP contribution < -0.4 is 0 Å². The van der Waals surface area contributed by atoms with E-state index in [0.29, 0.717) is 16.3 Å². The smallest absolute Gasteiger partial charge is 0.284 e. The van der Waals surface area contributed by atoms with Gasteiger partial charge >= 0.3 is 6.18 Å². The zero-order valence-electron chi connectivity index (χ0n) is 12.7. The summed E-state index contributed by atoms with van der Waals surface area (Å²) in [6, 6.07) is 11.0. The number of nitriles is 1. The third-order valence-electron chi connectivity index (χ3n) is 3.10. The second kappa shape index (κ2) is 7.49. The van der Waals surface area contributed by atoms with Gasteiger partial charge in [-0.3, -0.25) is 4.79 Å². The Hall–Kier alpha value is -2.33. The molecular formula is C17H13F3N2OS. The van der Waals surface area contributed by atoms with Gasteiger partial charge in [0, 0.05) is 5.56 Å². The van der Waals surface area contributed by atoms with E-state index in [1.54, 1.807) is 30.3 Å². The highest BCUT2D eigenvalue weighted by Gasteiger charge is 2.41. The van der Waals surface area contributed by atoms with Gasteiger partial charge in [0.25, 0.3) is 5.78 Å². The summed E-state index contributed by atoms with van der Waals surface area (Å²) in [7, 11) is 0. The van der Waals surface area contributed by atoms with E-state index >= 15 is 0 Å². The van der Waals surface area contributed by atoms with Crippen LogP contribution in [0.25, 0.3) is 11.3 Å². The number of alkyl halides is 3. The Morgan fingerprint density at radius 3 is 2.50 bits per heavy atom. The van der Waals surface area contributed by atoms with Crippen LogP contribution in [0.2, 0.25) is 0 Å². The molecule has 1 aromatic carbocycles. The second-order valence-corrected chi connectivity index (χ2v) is 5.97. The second-order valence-electron chi connectivity index (χ2n) is 4.89. The van der Waals surface area contributed by atoms with Gasteiger partial charge in [-0.15, -0.1) is 11.8 Å². The van der Waals surface area contributed by atoms with Crippen LogP contribution in [-0.2, 0) is 0 Å². The number of Topliss-reactive ketones (excluding diaryl/α,β-unsaturated/α-hetero) is 1. The maximum absolute atomic E-state index is 12.9. The van der Waals surface area contributed by atoms with E-state index in [1.807, 2.05) is 13.0 Å². The highest BCUT2D eigenvalue weighted by molar-refractivity contribution is 7.99. The molecule has 0 aliphatic carbocycles. The zero-order chi connectivity index (χ0) is 17.7. The van der Waals surface area contributed by atoms with Crippen LogP contribution in [0, 0.1) is 11.3 Å². The molecule has 0 aliphatic heterocycles. The molecule has 7 heteroatoms. The van der Waals surface area contributed by atoms with Crippen molar-refractivity contribution >= 4 is 17.5 Å². The number of benzene rings is 1. The highest BCUT2D eigenvalue weighted by atomic mass is 32.2. The van der Waals surface area contributed by atoms with Crippen molar-refractivity contribution in [1.29, 1.82) is 5.26 Å². The van der Waals surface area contributed by atoms with E-state index < -0.39 is 17.5 Å². The van der Waals surface area contributed by atoms with Gasteiger partial charge in [-0.2, -0.15) is 18.4 Å². The quantitative estimate of drug-likeness (QED) is 0.570. The lowest BCUT2D eigenvalue weighted by Crippen LogP contribution is -2.24. The maximum atomic E-state index is 12.9. The molecular weight excluding hydrogens is 337 g/mol. The van der Waals surface area contributed by atoms with Gasteiger partial charge in [0.15, 0.2) is 0 Å². The summed E-state index contributed by atoms with van der Waals surface area (Å²) in [6.07, 6.45) is -4.21.